The number of rotatable bonds is 6. The van der Waals surface area contributed by atoms with Crippen LogP contribution < -0.4 is 5.32 Å². The van der Waals surface area contributed by atoms with Crippen molar-refractivity contribution in [1.29, 1.82) is 0 Å². The highest BCUT2D eigenvalue weighted by atomic mass is 32.2. The molecule has 5 nitrogen and oxygen atoms in total. The van der Waals surface area contributed by atoms with Crippen molar-refractivity contribution >= 4 is 11.8 Å². The van der Waals surface area contributed by atoms with Crippen LogP contribution in [-0.2, 0) is 7.05 Å². The van der Waals surface area contributed by atoms with Crippen LogP contribution in [0.15, 0.2) is 23.4 Å². The third-order valence-corrected chi connectivity index (χ3v) is 4.16. The molecule has 1 heterocycles. The predicted octanol–water partition coefficient (Wildman–Crippen LogP) is 2.27. The van der Waals surface area contributed by atoms with Crippen molar-refractivity contribution in [3.05, 3.63) is 34.9 Å². The number of tetrazole rings is 1. The van der Waals surface area contributed by atoms with Crippen LogP contribution in [0.5, 0.6) is 0 Å². The summed E-state index contributed by atoms with van der Waals surface area (Å²) in [7, 11) is 1.86. The standard InChI is InChI=1S/C14H21N5S/c1-5-15-13(9-20-14-16-17-18-19(14)4)12-7-10(2)6-11(3)8-12/h6-8,13,15H,5,9H2,1-4H3. The fourth-order valence-electron chi connectivity index (χ4n) is 2.23. The van der Waals surface area contributed by atoms with Gasteiger partial charge >= 0.3 is 0 Å². The van der Waals surface area contributed by atoms with Crippen LogP contribution in [-0.4, -0.2) is 32.5 Å². The Morgan fingerprint density at radius 1 is 1.25 bits per heavy atom. The van der Waals surface area contributed by atoms with Crippen molar-refractivity contribution in [3.63, 3.8) is 0 Å². The van der Waals surface area contributed by atoms with E-state index < -0.39 is 0 Å². The lowest BCUT2D eigenvalue weighted by Crippen LogP contribution is -2.23. The Balaban J connectivity index is 2.12. The molecule has 2 rings (SSSR count). The zero-order valence-corrected chi connectivity index (χ0v) is 13.2. The summed E-state index contributed by atoms with van der Waals surface area (Å²) in [4.78, 5) is 0. The molecule has 0 aliphatic rings. The summed E-state index contributed by atoms with van der Waals surface area (Å²) < 4.78 is 1.70. The molecule has 20 heavy (non-hydrogen) atoms. The van der Waals surface area contributed by atoms with Crippen LogP contribution in [0.3, 0.4) is 0 Å². The molecule has 1 aromatic heterocycles. The highest BCUT2D eigenvalue weighted by Gasteiger charge is 2.13. The molecule has 0 amide bonds. The van der Waals surface area contributed by atoms with E-state index in [2.05, 4.69) is 59.8 Å². The van der Waals surface area contributed by atoms with Gasteiger partial charge in [-0.1, -0.05) is 48.0 Å². The van der Waals surface area contributed by atoms with Crippen molar-refractivity contribution in [1.82, 2.24) is 25.5 Å². The molecule has 1 aromatic carbocycles. The second kappa shape index (κ2) is 6.85. The second-order valence-corrected chi connectivity index (χ2v) is 5.91. The lowest BCUT2D eigenvalue weighted by atomic mass is 10.0. The van der Waals surface area contributed by atoms with Gasteiger partial charge in [0.15, 0.2) is 0 Å². The molecule has 0 fully saturated rings. The Labute approximate surface area is 124 Å². The largest absolute Gasteiger partial charge is 0.309 e. The Morgan fingerprint density at radius 3 is 2.50 bits per heavy atom. The van der Waals surface area contributed by atoms with Crippen molar-refractivity contribution in [2.75, 3.05) is 12.3 Å². The normalized spacial score (nSPS) is 12.6. The van der Waals surface area contributed by atoms with E-state index in [1.165, 1.54) is 16.7 Å². The first-order valence-corrected chi connectivity index (χ1v) is 7.75. The van der Waals surface area contributed by atoms with Gasteiger partial charge in [-0.25, -0.2) is 4.68 Å². The Hall–Kier alpha value is -1.40. The van der Waals surface area contributed by atoms with Gasteiger partial charge in [-0.05, 0) is 36.4 Å². The fraction of sp³-hybridized carbons (Fsp3) is 0.500. The SMILES string of the molecule is CCNC(CSc1nnnn1C)c1cc(C)cc(C)c1. The van der Waals surface area contributed by atoms with Crippen molar-refractivity contribution in [2.45, 2.75) is 32.0 Å². The maximum absolute atomic E-state index is 4.01. The van der Waals surface area contributed by atoms with Crippen LogP contribution in [0.25, 0.3) is 0 Å². The predicted molar refractivity (Wildman–Crippen MR) is 81.9 cm³/mol. The summed E-state index contributed by atoms with van der Waals surface area (Å²) in [5, 5.41) is 15.9. The van der Waals surface area contributed by atoms with Gasteiger partial charge in [0.1, 0.15) is 0 Å². The molecule has 0 aliphatic heterocycles. The number of aryl methyl sites for hydroxylation is 3. The Kier molecular flexibility index (Phi) is 5.14. The Morgan fingerprint density at radius 2 is 1.95 bits per heavy atom. The van der Waals surface area contributed by atoms with Crippen LogP contribution in [0, 0.1) is 13.8 Å². The zero-order valence-electron chi connectivity index (χ0n) is 12.4. The summed E-state index contributed by atoms with van der Waals surface area (Å²) in [6.45, 7) is 7.35. The maximum Gasteiger partial charge on any atom is 0.209 e. The van der Waals surface area contributed by atoms with Gasteiger partial charge in [0.25, 0.3) is 0 Å². The van der Waals surface area contributed by atoms with Gasteiger partial charge in [0.05, 0.1) is 0 Å². The van der Waals surface area contributed by atoms with Crippen molar-refractivity contribution in [3.8, 4) is 0 Å². The number of benzene rings is 1. The van der Waals surface area contributed by atoms with E-state index in [4.69, 9.17) is 0 Å². The van der Waals surface area contributed by atoms with E-state index in [-0.39, 0.29) is 0 Å². The van der Waals surface area contributed by atoms with E-state index in [1.807, 2.05) is 7.05 Å². The number of hydrogen-bond acceptors (Lipinski definition) is 5. The number of nitrogens with zero attached hydrogens (tertiary/aromatic N) is 4. The molecule has 0 spiro atoms. The number of aromatic nitrogens is 4. The van der Waals surface area contributed by atoms with Crippen molar-refractivity contribution in [2.24, 2.45) is 7.05 Å². The highest BCUT2D eigenvalue weighted by molar-refractivity contribution is 7.99. The quantitative estimate of drug-likeness (QED) is 0.827. The third-order valence-electron chi connectivity index (χ3n) is 3.06. The average molecular weight is 291 g/mol. The topological polar surface area (TPSA) is 55.6 Å². The van der Waals surface area contributed by atoms with E-state index in [0.717, 1.165) is 17.5 Å². The van der Waals surface area contributed by atoms with Crippen LogP contribution >= 0.6 is 11.8 Å². The van der Waals surface area contributed by atoms with Crippen molar-refractivity contribution < 1.29 is 0 Å². The molecule has 0 saturated heterocycles. The lowest BCUT2D eigenvalue weighted by molar-refractivity contribution is 0.602. The van der Waals surface area contributed by atoms with Crippen LogP contribution in [0.4, 0.5) is 0 Å². The Bertz CT molecular complexity index is 546. The van der Waals surface area contributed by atoms with E-state index in [9.17, 15) is 0 Å². The summed E-state index contributed by atoms with van der Waals surface area (Å²) in [5.74, 6) is 0.908. The van der Waals surface area contributed by atoms with Crippen LogP contribution in [0.2, 0.25) is 0 Å². The van der Waals surface area contributed by atoms with Crippen LogP contribution in [0.1, 0.15) is 29.7 Å². The molecule has 0 bridgehead atoms. The number of nitrogens with one attached hydrogen (secondary N) is 1. The summed E-state index contributed by atoms with van der Waals surface area (Å²) >= 11 is 1.67. The first-order valence-electron chi connectivity index (χ1n) is 6.77. The highest BCUT2D eigenvalue weighted by Crippen LogP contribution is 2.24. The fourth-order valence-corrected chi connectivity index (χ4v) is 3.18. The molecule has 0 aliphatic carbocycles. The summed E-state index contributed by atoms with van der Waals surface area (Å²) in [6, 6.07) is 7.00. The molecule has 2 aromatic rings. The summed E-state index contributed by atoms with van der Waals surface area (Å²) in [6.07, 6.45) is 0. The molecular weight excluding hydrogens is 270 g/mol. The molecule has 6 heteroatoms. The first-order chi connectivity index (χ1) is 9.60. The lowest BCUT2D eigenvalue weighted by Gasteiger charge is -2.18. The van der Waals surface area contributed by atoms with E-state index >= 15 is 0 Å². The molecule has 1 N–H and O–H groups in total. The minimum Gasteiger partial charge on any atom is -0.309 e. The number of thioether (sulfide) groups is 1. The maximum atomic E-state index is 4.01. The molecule has 108 valence electrons. The van der Waals surface area contributed by atoms with E-state index in [0.29, 0.717) is 6.04 Å². The number of hydrogen-bond donors (Lipinski definition) is 1. The third kappa shape index (κ3) is 3.80. The van der Waals surface area contributed by atoms with Gasteiger partial charge in [-0.15, -0.1) is 5.10 Å². The molecule has 0 saturated carbocycles. The van der Waals surface area contributed by atoms with E-state index in [1.54, 1.807) is 16.4 Å². The van der Waals surface area contributed by atoms with Gasteiger partial charge < -0.3 is 5.32 Å². The first kappa shape index (κ1) is 15.0. The zero-order chi connectivity index (χ0) is 14.5. The summed E-state index contributed by atoms with van der Waals surface area (Å²) in [5.41, 5.74) is 3.92. The minimum atomic E-state index is 0.306. The van der Waals surface area contributed by atoms with Gasteiger partial charge in [-0.3, -0.25) is 0 Å². The molecular formula is C14H21N5S. The van der Waals surface area contributed by atoms with Gasteiger partial charge in [-0.2, -0.15) is 0 Å². The molecule has 0 radical (unpaired) electrons. The van der Waals surface area contributed by atoms with Gasteiger partial charge in [0.2, 0.25) is 5.16 Å². The smallest absolute Gasteiger partial charge is 0.209 e. The average Bonchev–Trinajstić information content (AvgIpc) is 2.79. The van der Waals surface area contributed by atoms with Gasteiger partial charge in [0, 0.05) is 18.8 Å². The second-order valence-electron chi connectivity index (χ2n) is 4.93. The molecule has 1 atom stereocenters. The monoisotopic (exact) mass is 291 g/mol. The minimum absolute atomic E-state index is 0.306. The molecule has 1 unspecified atom stereocenters.